The fourth-order valence-corrected chi connectivity index (χ4v) is 8.00. The van der Waals surface area contributed by atoms with Crippen LogP contribution in [0.5, 0.6) is 23.0 Å². The van der Waals surface area contributed by atoms with E-state index in [9.17, 15) is 33.7 Å². The van der Waals surface area contributed by atoms with Crippen molar-refractivity contribution in [2.45, 2.75) is 47.3 Å². The van der Waals surface area contributed by atoms with Gasteiger partial charge in [-0.05, 0) is 76.2 Å². The maximum Gasteiger partial charge on any atom is 0.339 e. The van der Waals surface area contributed by atoms with Crippen LogP contribution in [-0.2, 0) is 40.5 Å². The van der Waals surface area contributed by atoms with Crippen molar-refractivity contribution in [3.05, 3.63) is 131 Å². The highest BCUT2D eigenvalue weighted by Gasteiger charge is 2.30. The molecule has 0 aliphatic heterocycles. The molecule has 5 aromatic carbocycles. The first kappa shape index (κ1) is 36.4. The Kier molecular flexibility index (Phi) is 10.0. The third kappa shape index (κ3) is 8.45. The van der Waals surface area contributed by atoms with E-state index < -0.39 is 63.5 Å². The van der Waals surface area contributed by atoms with E-state index in [4.69, 9.17) is 16.7 Å². The van der Waals surface area contributed by atoms with E-state index in [1.54, 1.807) is 27.7 Å². The van der Waals surface area contributed by atoms with Gasteiger partial charge >= 0.3 is 40.5 Å². The van der Waals surface area contributed by atoms with Crippen LogP contribution in [-0.4, -0.2) is 33.7 Å². The van der Waals surface area contributed by atoms with Gasteiger partial charge in [-0.15, -0.1) is 0 Å². The van der Waals surface area contributed by atoms with Gasteiger partial charge in [-0.3, -0.25) is 0 Å². The maximum absolute atomic E-state index is 13.4. The van der Waals surface area contributed by atoms with Crippen molar-refractivity contribution in [3.63, 3.8) is 0 Å². The lowest BCUT2D eigenvalue weighted by atomic mass is 10.2. The zero-order valence-corrected chi connectivity index (χ0v) is 30.2. The molecule has 0 spiro atoms. The van der Waals surface area contributed by atoms with Crippen molar-refractivity contribution in [1.29, 1.82) is 0 Å². The number of hydrogen-bond acceptors (Lipinski definition) is 12. The Morgan fingerprint density at radius 2 is 0.460 bits per heavy atom. The van der Waals surface area contributed by atoms with Crippen LogP contribution in [0.1, 0.15) is 22.3 Å². The van der Waals surface area contributed by atoms with Crippen LogP contribution in [0, 0.1) is 27.7 Å². The average molecular weight is 759 g/mol. The molecule has 0 aliphatic rings. The molecule has 0 aromatic heterocycles. The highest BCUT2D eigenvalue weighted by Crippen LogP contribution is 2.44. The number of hydrogen-bond donors (Lipinski definition) is 0. The molecule has 0 radical (unpaired) electrons. The van der Waals surface area contributed by atoms with Gasteiger partial charge in [0, 0.05) is 12.1 Å². The molecule has 0 saturated heterocycles. The van der Waals surface area contributed by atoms with Gasteiger partial charge in [0.05, 0.1) is 0 Å². The molecule has 0 saturated carbocycles. The number of rotatable bonds is 12. The quantitative estimate of drug-likeness (QED) is 0.136. The highest BCUT2D eigenvalue weighted by atomic mass is 32.2. The van der Waals surface area contributed by atoms with E-state index in [1.807, 2.05) is 0 Å². The van der Waals surface area contributed by atoms with Crippen LogP contribution in [0.4, 0.5) is 0 Å². The molecule has 5 rings (SSSR count). The SMILES string of the molecule is Cc1ccc(S(=O)(=O)Oc2cc(OS(=O)(=O)c3ccc(C)cc3)c(OS(=O)(=O)c3ccc(C)cc3)cc2OS(=O)(=O)c2ccc(C)cc2)cc1. The Bertz CT molecular complexity index is 2120. The molecule has 0 N–H and O–H groups in total. The standard InChI is InChI=1S/C34H30O12S4/c1-23-5-13-27(14-6-23)47(35,36)43-31-21-33(45-49(39,40)29-17-9-25(3)10-18-29)34(46-50(41,42)30-19-11-26(4)12-20-30)22-32(31)44-48(37,38)28-15-7-24(2)8-16-28/h5-22H,1-4H3. The predicted octanol–water partition coefficient (Wildman–Crippen LogP) is 5.99. The molecule has 0 fully saturated rings. The summed E-state index contributed by atoms with van der Waals surface area (Å²) in [6.45, 7) is 6.89. The molecule has 0 unspecified atom stereocenters. The van der Waals surface area contributed by atoms with Gasteiger partial charge in [0.1, 0.15) is 19.6 Å². The average Bonchev–Trinajstić information content (AvgIpc) is 3.03. The monoisotopic (exact) mass is 758 g/mol. The van der Waals surface area contributed by atoms with Gasteiger partial charge in [0.15, 0.2) is 23.0 Å². The summed E-state index contributed by atoms with van der Waals surface area (Å²) in [5.74, 6) is -3.46. The lowest BCUT2D eigenvalue weighted by Crippen LogP contribution is -2.16. The van der Waals surface area contributed by atoms with Gasteiger partial charge in [-0.1, -0.05) is 70.8 Å². The predicted molar refractivity (Wildman–Crippen MR) is 182 cm³/mol. The van der Waals surface area contributed by atoms with E-state index in [0.29, 0.717) is 12.1 Å². The van der Waals surface area contributed by atoms with E-state index in [-0.39, 0.29) is 19.6 Å². The normalized spacial score (nSPS) is 12.2. The third-order valence-electron chi connectivity index (χ3n) is 7.05. The van der Waals surface area contributed by atoms with Gasteiger partial charge in [0.25, 0.3) is 0 Å². The lowest BCUT2D eigenvalue weighted by Gasteiger charge is -2.18. The molecule has 12 nitrogen and oxygen atoms in total. The molecule has 0 aliphatic carbocycles. The first-order chi connectivity index (χ1) is 23.3. The summed E-state index contributed by atoms with van der Waals surface area (Å²) in [5.41, 5.74) is 2.91. The van der Waals surface area contributed by atoms with Gasteiger partial charge in [0.2, 0.25) is 0 Å². The molecule has 50 heavy (non-hydrogen) atoms. The topological polar surface area (TPSA) is 173 Å². The van der Waals surface area contributed by atoms with Crippen LogP contribution < -0.4 is 16.7 Å². The minimum Gasteiger partial charge on any atom is -0.375 e. The van der Waals surface area contributed by atoms with Crippen molar-refractivity contribution in [2.24, 2.45) is 0 Å². The molecule has 0 amide bonds. The van der Waals surface area contributed by atoms with Crippen LogP contribution in [0.2, 0.25) is 0 Å². The summed E-state index contributed by atoms with van der Waals surface area (Å²) in [7, 11) is -18.9. The van der Waals surface area contributed by atoms with Gasteiger partial charge in [-0.25, -0.2) is 0 Å². The van der Waals surface area contributed by atoms with E-state index in [2.05, 4.69) is 0 Å². The Labute approximate surface area is 291 Å². The van der Waals surface area contributed by atoms with Crippen LogP contribution in [0.15, 0.2) is 129 Å². The fourth-order valence-electron chi connectivity index (χ4n) is 4.27. The second-order valence-corrected chi connectivity index (χ2v) is 17.3. The summed E-state index contributed by atoms with van der Waals surface area (Å²) < 4.78 is 128. The Morgan fingerprint density at radius 3 is 0.620 bits per heavy atom. The molecule has 262 valence electrons. The Balaban J connectivity index is 1.71. The lowest BCUT2D eigenvalue weighted by molar-refractivity contribution is 0.430. The minimum atomic E-state index is -4.73. The molecular weight excluding hydrogens is 729 g/mol. The number of aryl methyl sites for hydroxylation is 4. The zero-order chi connectivity index (χ0) is 36.5. The van der Waals surface area contributed by atoms with Crippen LogP contribution in [0.25, 0.3) is 0 Å². The van der Waals surface area contributed by atoms with Crippen LogP contribution in [0.3, 0.4) is 0 Å². The van der Waals surface area contributed by atoms with Crippen molar-refractivity contribution >= 4 is 40.5 Å². The van der Waals surface area contributed by atoms with E-state index in [1.165, 1.54) is 97.1 Å². The smallest absolute Gasteiger partial charge is 0.339 e. The van der Waals surface area contributed by atoms with Crippen molar-refractivity contribution in [3.8, 4) is 23.0 Å². The largest absolute Gasteiger partial charge is 0.375 e. The van der Waals surface area contributed by atoms with Gasteiger partial charge in [-0.2, -0.15) is 33.7 Å². The van der Waals surface area contributed by atoms with Gasteiger partial charge < -0.3 is 16.7 Å². The van der Waals surface area contributed by atoms with Crippen LogP contribution >= 0.6 is 0 Å². The first-order valence-corrected chi connectivity index (χ1v) is 20.2. The summed E-state index contributed by atoms with van der Waals surface area (Å²) >= 11 is 0. The summed E-state index contributed by atoms with van der Waals surface area (Å²) in [5, 5.41) is 0. The summed E-state index contributed by atoms with van der Waals surface area (Å²) in [4.78, 5) is -1.36. The second-order valence-electron chi connectivity index (χ2n) is 11.1. The van der Waals surface area contributed by atoms with E-state index >= 15 is 0 Å². The number of benzene rings is 5. The Hall–Kier alpha value is -4.90. The maximum atomic E-state index is 13.4. The molecule has 0 bridgehead atoms. The molecular formula is C34H30O12S4. The first-order valence-electron chi connectivity index (χ1n) is 14.6. The van der Waals surface area contributed by atoms with Crippen molar-refractivity contribution in [1.82, 2.24) is 0 Å². The van der Waals surface area contributed by atoms with E-state index in [0.717, 1.165) is 22.3 Å². The third-order valence-corrected chi connectivity index (χ3v) is 12.0. The fraction of sp³-hybridized carbons (Fsp3) is 0.118. The molecule has 0 heterocycles. The molecule has 0 atom stereocenters. The van der Waals surface area contributed by atoms with Crippen molar-refractivity contribution in [2.75, 3.05) is 0 Å². The second kappa shape index (κ2) is 13.8. The zero-order valence-electron chi connectivity index (χ0n) is 26.9. The minimum absolute atomic E-state index is 0.340. The summed E-state index contributed by atoms with van der Waals surface area (Å²) in [6, 6.07) is 23.1. The van der Waals surface area contributed by atoms with Crippen molar-refractivity contribution < 1.29 is 50.4 Å². The summed E-state index contributed by atoms with van der Waals surface area (Å²) in [6.07, 6.45) is 0. The Morgan fingerprint density at radius 1 is 0.300 bits per heavy atom. The molecule has 5 aromatic rings. The highest BCUT2D eigenvalue weighted by molar-refractivity contribution is 7.88. The molecule has 16 heteroatoms.